The maximum atomic E-state index is 13.5. The Balaban J connectivity index is 1.80. The van der Waals surface area contributed by atoms with Crippen molar-refractivity contribution >= 4 is 69.8 Å². The third kappa shape index (κ3) is 4.39. The lowest BCUT2D eigenvalue weighted by Gasteiger charge is -2.17. The molecule has 32 heavy (non-hydrogen) atoms. The number of benzene rings is 3. The second kappa shape index (κ2) is 9.59. The standard InChI is InChI=1S/C24H17Cl3N2O2S/c1-2-14-6-3-4-8-18(14)28-21-22(32-16-12-10-15(25)11-13-16)24(31)29(23(21)30)19-9-5-7-17(26)20(19)27/h3-13,28H,2H2,1H3. The van der Waals surface area contributed by atoms with Crippen LogP contribution < -0.4 is 10.2 Å². The zero-order valence-electron chi connectivity index (χ0n) is 16.9. The molecule has 4 nitrogen and oxygen atoms in total. The number of rotatable bonds is 6. The number of thioether (sulfide) groups is 1. The number of anilines is 2. The van der Waals surface area contributed by atoms with Crippen LogP contribution in [-0.2, 0) is 16.0 Å². The van der Waals surface area contributed by atoms with E-state index in [4.69, 9.17) is 34.8 Å². The number of halogens is 3. The Kier molecular flexibility index (Phi) is 6.82. The molecule has 0 saturated carbocycles. The molecule has 0 bridgehead atoms. The van der Waals surface area contributed by atoms with Crippen molar-refractivity contribution in [1.29, 1.82) is 0 Å². The van der Waals surface area contributed by atoms with E-state index in [9.17, 15) is 9.59 Å². The fourth-order valence-corrected chi connectivity index (χ4v) is 4.74. The van der Waals surface area contributed by atoms with Crippen LogP contribution in [0.4, 0.5) is 11.4 Å². The van der Waals surface area contributed by atoms with Gasteiger partial charge in [-0.25, -0.2) is 4.90 Å². The average molecular weight is 504 g/mol. The van der Waals surface area contributed by atoms with Crippen LogP contribution in [0.15, 0.2) is 82.2 Å². The first-order valence-electron chi connectivity index (χ1n) is 9.76. The minimum Gasteiger partial charge on any atom is -0.350 e. The molecule has 1 aliphatic heterocycles. The second-order valence-electron chi connectivity index (χ2n) is 6.91. The van der Waals surface area contributed by atoms with Gasteiger partial charge in [-0.3, -0.25) is 9.59 Å². The van der Waals surface area contributed by atoms with Crippen LogP contribution in [0, 0.1) is 0 Å². The number of carbonyl (C=O) groups excluding carboxylic acids is 2. The predicted octanol–water partition coefficient (Wildman–Crippen LogP) is 7.20. The number of amides is 2. The van der Waals surface area contributed by atoms with E-state index in [1.165, 1.54) is 11.8 Å². The van der Waals surface area contributed by atoms with Crippen LogP contribution >= 0.6 is 46.6 Å². The lowest BCUT2D eigenvalue weighted by molar-refractivity contribution is -0.120. The summed E-state index contributed by atoms with van der Waals surface area (Å²) in [6.45, 7) is 2.03. The molecule has 0 radical (unpaired) electrons. The maximum Gasteiger partial charge on any atom is 0.283 e. The lowest BCUT2D eigenvalue weighted by atomic mass is 10.1. The van der Waals surface area contributed by atoms with E-state index in [0.29, 0.717) is 5.02 Å². The Morgan fingerprint density at radius 2 is 1.59 bits per heavy atom. The number of carbonyl (C=O) groups is 2. The van der Waals surface area contributed by atoms with Gasteiger partial charge in [0.25, 0.3) is 11.8 Å². The molecule has 1 N–H and O–H groups in total. The zero-order valence-corrected chi connectivity index (χ0v) is 19.9. The Hall–Kier alpha value is -2.44. The Bertz CT molecular complexity index is 1240. The van der Waals surface area contributed by atoms with E-state index in [0.717, 1.165) is 27.5 Å². The number of nitrogens with zero attached hydrogens (tertiary/aromatic N) is 1. The number of imide groups is 1. The highest BCUT2D eigenvalue weighted by molar-refractivity contribution is 8.04. The highest BCUT2D eigenvalue weighted by Gasteiger charge is 2.41. The monoisotopic (exact) mass is 502 g/mol. The van der Waals surface area contributed by atoms with Gasteiger partial charge in [0.1, 0.15) is 10.6 Å². The fraction of sp³-hybridized carbons (Fsp3) is 0.0833. The largest absolute Gasteiger partial charge is 0.350 e. The van der Waals surface area contributed by atoms with Crippen LogP contribution in [-0.4, -0.2) is 11.8 Å². The highest BCUT2D eigenvalue weighted by Crippen LogP contribution is 2.41. The zero-order chi connectivity index (χ0) is 22.8. The van der Waals surface area contributed by atoms with Crippen molar-refractivity contribution in [1.82, 2.24) is 0 Å². The molecule has 0 fully saturated rings. The molecule has 162 valence electrons. The SMILES string of the molecule is CCc1ccccc1NC1=C(Sc2ccc(Cl)cc2)C(=O)N(c2cccc(Cl)c2Cl)C1=O. The molecule has 1 aliphatic rings. The molecule has 3 aromatic carbocycles. The van der Waals surface area contributed by atoms with Gasteiger partial charge >= 0.3 is 0 Å². The quantitative estimate of drug-likeness (QED) is 0.361. The molecule has 0 aromatic heterocycles. The maximum absolute atomic E-state index is 13.5. The number of para-hydroxylation sites is 1. The van der Waals surface area contributed by atoms with E-state index in [2.05, 4.69) is 5.32 Å². The number of hydrogen-bond donors (Lipinski definition) is 1. The molecule has 4 rings (SSSR count). The van der Waals surface area contributed by atoms with Crippen LogP contribution in [0.2, 0.25) is 15.1 Å². The van der Waals surface area contributed by atoms with Gasteiger partial charge in [0.15, 0.2) is 0 Å². The van der Waals surface area contributed by atoms with E-state index in [1.54, 1.807) is 42.5 Å². The summed E-state index contributed by atoms with van der Waals surface area (Å²) in [4.78, 5) is 29.0. The summed E-state index contributed by atoms with van der Waals surface area (Å²) in [5.74, 6) is -0.975. The molecule has 1 heterocycles. The Morgan fingerprint density at radius 3 is 2.31 bits per heavy atom. The van der Waals surface area contributed by atoms with Crippen molar-refractivity contribution in [3.8, 4) is 0 Å². The van der Waals surface area contributed by atoms with Gasteiger partial charge < -0.3 is 5.32 Å². The normalized spacial score (nSPS) is 13.8. The molecular formula is C24H17Cl3N2O2S. The van der Waals surface area contributed by atoms with Gasteiger partial charge in [-0.05, 0) is 54.4 Å². The Labute approximate surface area is 205 Å². The van der Waals surface area contributed by atoms with Crippen molar-refractivity contribution in [2.24, 2.45) is 0 Å². The average Bonchev–Trinajstić information content (AvgIpc) is 3.01. The summed E-state index contributed by atoms with van der Waals surface area (Å²) in [6, 6.07) is 19.6. The van der Waals surface area contributed by atoms with Crippen molar-refractivity contribution in [2.75, 3.05) is 10.2 Å². The third-order valence-corrected chi connectivity index (χ3v) is 7.06. The molecule has 3 aromatic rings. The summed E-state index contributed by atoms with van der Waals surface area (Å²) in [6.07, 6.45) is 0.766. The van der Waals surface area contributed by atoms with E-state index < -0.39 is 11.8 Å². The molecule has 2 amide bonds. The Morgan fingerprint density at radius 1 is 0.875 bits per heavy atom. The topological polar surface area (TPSA) is 49.4 Å². The number of nitrogens with one attached hydrogen (secondary N) is 1. The van der Waals surface area contributed by atoms with Crippen LogP contribution in [0.25, 0.3) is 0 Å². The number of hydrogen-bond acceptors (Lipinski definition) is 4. The summed E-state index contributed by atoms with van der Waals surface area (Å²) in [5.41, 5.74) is 2.21. The first kappa shape index (κ1) is 22.7. The molecule has 0 aliphatic carbocycles. The van der Waals surface area contributed by atoms with Gasteiger partial charge in [-0.1, -0.05) is 77.8 Å². The fourth-order valence-electron chi connectivity index (χ4n) is 3.30. The molecule has 0 saturated heterocycles. The smallest absolute Gasteiger partial charge is 0.283 e. The van der Waals surface area contributed by atoms with Gasteiger partial charge in [-0.15, -0.1) is 0 Å². The van der Waals surface area contributed by atoms with Crippen LogP contribution in [0.1, 0.15) is 12.5 Å². The molecule has 0 atom stereocenters. The molecule has 8 heteroatoms. The van der Waals surface area contributed by atoms with Gasteiger partial charge in [-0.2, -0.15) is 0 Å². The van der Waals surface area contributed by atoms with Gasteiger partial charge in [0, 0.05) is 15.6 Å². The summed E-state index contributed by atoms with van der Waals surface area (Å²) < 4.78 is 0. The highest BCUT2D eigenvalue weighted by atomic mass is 35.5. The first-order chi connectivity index (χ1) is 15.4. The third-order valence-electron chi connectivity index (χ3n) is 4.90. The van der Waals surface area contributed by atoms with Crippen LogP contribution in [0.3, 0.4) is 0 Å². The molecular weight excluding hydrogens is 487 g/mol. The number of aryl methyl sites for hydroxylation is 1. The van der Waals surface area contributed by atoms with Gasteiger partial charge in [0.2, 0.25) is 0 Å². The van der Waals surface area contributed by atoms with Crippen molar-refractivity contribution in [3.63, 3.8) is 0 Å². The summed E-state index contributed by atoms with van der Waals surface area (Å²) in [5, 5.41) is 4.18. The summed E-state index contributed by atoms with van der Waals surface area (Å²) in [7, 11) is 0. The minimum absolute atomic E-state index is 0.141. The van der Waals surface area contributed by atoms with Crippen LogP contribution in [0.5, 0.6) is 0 Å². The molecule has 0 unspecified atom stereocenters. The van der Waals surface area contributed by atoms with Gasteiger partial charge in [0.05, 0.1) is 15.7 Å². The van der Waals surface area contributed by atoms with E-state index in [1.807, 2.05) is 31.2 Å². The molecule has 0 spiro atoms. The van der Waals surface area contributed by atoms with Crippen molar-refractivity contribution in [2.45, 2.75) is 18.2 Å². The summed E-state index contributed by atoms with van der Waals surface area (Å²) >= 11 is 19.7. The second-order valence-corrected chi connectivity index (χ2v) is 9.22. The van der Waals surface area contributed by atoms with Crippen molar-refractivity contribution < 1.29 is 9.59 Å². The van der Waals surface area contributed by atoms with Crippen molar-refractivity contribution in [3.05, 3.63) is 98.0 Å². The lowest BCUT2D eigenvalue weighted by Crippen LogP contribution is -2.32. The first-order valence-corrected chi connectivity index (χ1v) is 11.7. The van der Waals surface area contributed by atoms with E-state index in [-0.39, 0.29) is 26.3 Å². The van der Waals surface area contributed by atoms with E-state index >= 15 is 0 Å². The predicted molar refractivity (Wildman–Crippen MR) is 133 cm³/mol. The minimum atomic E-state index is -0.499.